The lowest BCUT2D eigenvalue weighted by Gasteiger charge is -2.09. The fraction of sp³-hybridized carbons (Fsp3) is 0. The van der Waals surface area contributed by atoms with Crippen molar-refractivity contribution >= 4 is 23.2 Å². The maximum absolute atomic E-state index is 13.7. The maximum atomic E-state index is 13.7. The molecule has 144 valence electrons. The van der Waals surface area contributed by atoms with Gasteiger partial charge in [-0.2, -0.15) is 5.26 Å². The number of amides is 2. The summed E-state index contributed by atoms with van der Waals surface area (Å²) in [6.07, 6.45) is 0. The lowest BCUT2D eigenvalue weighted by atomic mass is 10.1. The first-order valence-electron chi connectivity index (χ1n) is 8.25. The van der Waals surface area contributed by atoms with Crippen molar-refractivity contribution in [2.75, 3.05) is 10.6 Å². The van der Waals surface area contributed by atoms with E-state index >= 15 is 0 Å². The van der Waals surface area contributed by atoms with E-state index in [0.717, 1.165) is 6.07 Å². The topological polar surface area (TPSA) is 82.0 Å². The Bertz CT molecular complexity index is 1160. The molecule has 0 aliphatic heterocycles. The molecular formula is C21H12F3N3O2. The second kappa shape index (κ2) is 8.27. The largest absolute Gasteiger partial charge is 0.322 e. The van der Waals surface area contributed by atoms with Crippen LogP contribution >= 0.6 is 0 Å². The molecule has 3 aromatic rings. The van der Waals surface area contributed by atoms with Gasteiger partial charge in [0.05, 0.1) is 17.3 Å². The molecule has 0 heterocycles. The quantitative estimate of drug-likeness (QED) is 0.639. The zero-order chi connectivity index (χ0) is 21.0. The monoisotopic (exact) mass is 395 g/mol. The van der Waals surface area contributed by atoms with Gasteiger partial charge in [0.1, 0.15) is 0 Å². The summed E-state index contributed by atoms with van der Waals surface area (Å²) in [7, 11) is 0. The van der Waals surface area contributed by atoms with Crippen molar-refractivity contribution in [2.45, 2.75) is 0 Å². The summed E-state index contributed by atoms with van der Waals surface area (Å²) in [6.45, 7) is 0. The van der Waals surface area contributed by atoms with Crippen LogP contribution in [0.4, 0.5) is 24.5 Å². The van der Waals surface area contributed by atoms with Crippen molar-refractivity contribution in [1.82, 2.24) is 0 Å². The van der Waals surface area contributed by atoms with Gasteiger partial charge < -0.3 is 10.6 Å². The molecule has 0 saturated carbocycles. The minimum atomic E-state index is -1.70. The third kappa shape index (κ3) is 4.42. The van der Waals surface area contributed by atoms with Gasteiger partial charge in [-0.3, -0.25) is 9.59 Å². The predicted molar refractivity (Wildman–Crippen MR) is 99.8 cm³/mol. The van der Waals surface area contributed by atoms with Crippen LogP contribution in [0, 0.1) is 28.8 Å². The second-order valence-corrected chi connectivity index (χ2v) is 5.90. The summed E-state index contributed by atoms with van der Waals surface area (Å²) in [5.41, 5.74) is 0.368. The van der Waals surface area contributed by atoms with E-state index in [9.17, 15) is 22.8 Å². The number of benzene rings is 3. The molecule has 0 aliphatic rings. The molecule has 0 bridgehead atoms. The summed E-state index contributed by atoms with van der Waals surface area (Å²) < 4.78 is 40.0. The standard InChI is InChI=1S/C21H12F3N3O2/c22-16-7-8-17(19(24)18(16)23)27-21(29)14-5-2-4-13(10-14)20(28)26-15-6-1-3-12(9-15)11-25/h1-10H,(H,26,28)(H,27,29). The summed E-state index contributed by atoms with van der Waals surface area (Å²) in [4.78, 5) is 24.7. The average Bonchev–Trinajstić information content (AvgIpc) is 2.74. The molecule has 0 aliphatic carbocycles. The molecule has 2 amide bonds. The highest BCUT2D eigenvalue weighted by molar-refractivity contribution is 6.08. The van der Waals surface area contributed by atoms with Gasteiger partial charge in [0.2, 0.25) is 0 Å². The predicted octanol–water partition coefficient (Wildman–Crippen LogP) is 4.48. The molecule has 5 nitrogen and oxygen atoms in total. The van der Waals surface area contributed by atoms with E-state index in [1.165, 1.54) is 30.3 Å². The summed E-state index contributed by atoms with van der Waals surface area (Å²) in [5.74, 6) is -5.94. The summed E-state index contributed by atoms with van der Waals surface area (Å²) >= 11 is 0. The molecule has 0 saturated heterocycles. The number of carbonyl (C=O) groups excluding carboxylic acids is 2. The molecule has 29 heavy (non-hydrogen) atoms. The Labute approximate surface area is 163 Å². The zero-order valence-corrected chi connectivity index (χ0v) is 14.7. The Morgan fingerprint density at radius 1 is 0.793 bits per heavy atom. The molecule has 0 fully saturated rings. The fourth-order valence-electron chi connectivity index (χ4n) is 2.49. The molecule has 3 rings (SSSR count). The van der Waals surface area contributed by atoms with Crippen LogP contribution in [-0.4, -0.2) is 11.8 Å². The molecule has 0 aromatic heterocycles. The molecule has 0 radical (unpaired) electrons. The van der Waals surface area contributed by atoms with Gasteiger partial charge in [-0.25, -0.2) is 13.2 Å². The van der Waals surface area contributed by atoms with E-state index in [2.05, 4.69) is 10.6 Å². The normalized spacial score (nSPS) is 10.1. The van der Waals surface area contributed by atoms with Gasteiger partial charge >= 0.3 is 0 Å². The van der Waals surface area contributed by atoms with Crippen LogP contribution in [0.3, 0.4) is 0 Å². The van der Waals surface area contributed by atoms with Crippen LogP contribution in [-0.2, 0) is 0 Å². The summed E-state index contributed by atoms with van der Waals surface area (Å²) in [5, 5.41) is 13.6. The molecule has 8 heteroatoms. The number of hydrogen-bond acceptors (Lipinski definition) is 3. The van der Waals surface area contributed by atoms with Crippen molar-refractivity contribution < 1.29 is 22.8 Å². The van der Waals surface area contributed by atoms with Crippen LogP contribution in [0.15, 0.2) is 60.7 Å². The first kappa shape index (κ1) is 19.6. The van der Waals surface area contributed by atoms with Crippen LogP contribution < -0.4 is 10.6 Å². The number of halogens is 3. The van der Waals surface area contributed by atoms with Crippen molar-refractivity contribution in [3.05, 3.63) is 94.8 Å². The molecule has 0 atom stereocenters. The Hall–Kier alpha value is -4.12. The Morgan fingerprint density at radius 2 is 1.45 bits per heavy atom. The SMILES string of the molecule is N#Cc1cccc(NC(=O)c2cccc(C(=O)Nc3ccc(F)c(F)c3F)c2)c1. The van der Waals surface area contributed by atoms with Crippen molar-refractivity contribution in [1.29, 1.82) is 5.26 Å². The van der Waals surface area contributed by atoms with Gasteiger partial charge in [0.15, 0.2) is 17.5 Å². The van der Waals surface area contributed by atoms with E-state index in [0.29, 0.717) is 17.3 Å². The fourth-order valence-corrected chi connectivity index (χ4v) is 2.49. The molecule has 3 aromatic carbocycles. The minimum Gasteiger partial charge on any atom is -0.322 e. The number of anilines is 2. The lowest BCUT2D eigenvalue weighted by Crippen LogP contribution is -2.16. The lowest BCUT2D eigenvalue weighted by molar-refractivity contribution is 0.102. The smallest absolute Gasteiger partial charge is 0.255 e. The van der Waals surface area contributed by atoms with Crippen LogP contribution in [0.2, 0.25) is 0 Å². The number of hydrogen-bond donors (Lipinski definition) is 2. The third-order valence-corrected chi connectivity index (χ3v) is 3.92. The van der Waals surface area contributed by atoms with Crippen molar-refractivity contribution in [2.24, 2.45) is 0 Å². The van der Waals surface area contributed by atoms with Gasteiger partial charge in [0, 0.05) is 16.8 Å². The van der Waals surface area contributed by atoms with Crippen LogP contribution in [0.5, 0.6) is 0 Å². The zero-order valence-electron chi connectivity index (χ0n) is 14.7. The minimum absolute atomic E-state index is 0.00700. The van der Waals surface area contributed by atoms with Crippen LogP contribution in [0.25, 0.3) is 0 Å². The number of nitrogens with one attached hydrogen (secondary N) is 2. The van der Waals surface area contributed by atoms with Crippen molar-refractivity contribution in [3.63, 3.8) is 0 Å². The first-order valence-corrected chi connectivity index (χ1v) is 8.25. The van der Waals surface area contributed by atoms with E-state index < -0.39 is 35.0 Å². The molecular weight excluding hydrogens is 383 g/mol. The van der Waals surface area contributed by atoms with Gasteiger partial charge in [-0.1, -0.05) is 12.1 Å². The second-order valence-electron chi connectivity index (χ2n) is 5.90. The van der Waals surface area contributed by atoms with E-state index in [1.54, 1.807) is 18.2 Å². The number of carbonyl (C=O) groups is 2. The van der Waals surface area contributed by atoms with E-state index in [1.807, 2.05) is 6.07 Å². The number of rotatable bonds is 4. The van der Waals surface area contributed by atoms with E-state index in [-0.39, 0.29) is 11.1 Å². The van der Waals surface area contributed by atoms with Gasteiger partial charge in [0.25, 0.3) is 11.8 Å². The molecule has 0 spiro atoms. The highest BCUT2D eigenvalue weighted by atomic mass is 19.2. The van der Waals surface area contributed by atoms with Gasteiger partial charge in [-0.05, 0) is 48.5 Å². The number of nitriles is 1. The Morgan fingerprint density at radius 3 is 2.14 bits per heavy atom. The van der Waals surface area contributed by atoms with Gasteiger partial charge in [-0.15, -0.1) is 0 Å². The van der Waals surface area contributed by atoms with E-state index in [4.69, 9.17) is 5.26 Å². The molecule has 2 N–H and O–H groups in total. The maximum Gasteiger partial charge on any atom is 0.255 e. The Kier molecular flexibility index (Phi) is 5.60. The molecule has 0 unspecified atom stereocenters. The van der Waals surface area contributed by atoms with Crippen LogP contribution in [0.1, 0.15) is 26.3 Å². The summed E-state index contributed by atoms with van der Waals surface area (Å²) in [6, 6.07) is 15.3. The third-order valence-electron chi connectivity index (χ3n) is 3.92. The average molecular weight is 395 g/mol. The highest BCUT2D eigenvalue weighted by Gasteiger charge is 2.17. The number of nitrogens with zero attached hydrogens (tertiary/aromatic N) is 1. The first-order chi connectivity index (χ1) is 13.9. The van der Waals surface area contributed by atoms with Crippen molar-refractivity contribution in [3.8, 4) is 6.07 Å². The Balaban J connectivity index is 1.78. The highest BCUT2D eigenvalue weighted by Crippen LogP contribution is 2.20.